The van der Waals surface area contributed by atoms with Gasteiger partial charge in [-0.15, -0.1) is 0 Å². The summed E-state index contributed by atoms with van der Waals surface area (Å²) in [5.74, 6) is -1.36. The van der Waals surface area contributed by atoms with Crippen molar-refractivity contribution in [2.24, 2.45) is 0 Å². The third kappa shape index (κ3) is 3.64. The van der Waals surface area contributed by atoms with Crippen LogP contribution in [-0.4, -0.2) is 20.3 Å². The lowest BCUT2D eigenvalue weighted by molar-refractivity contribution is 0.197. The third-order valence-electron chi connectivity index (χ3n) is 1.83. The predicted octanol–water partition coefficient (Wildman–Crippen LogP) is 3.07. The molecular formula is C10H12ClF2NO. The summed E-state index contributed by atoms with van der Waals surface area (Å²) in [5.41, 5.74) is 0.133. The highest BCUT2D eigenvalue weighted by atomic mass is 35.5. The van der Waals surface area contributed by atoms with Crippen molar-refractivity contribution in [1.29, 1.82) is 0 Å². The Labute approximate surface area is 92.2 Å². The maximum absolute atomic E-state index is 13.2. The van der Waals surface area contributed by atoms with Crippen LogP contribution in [-0.2, 0) is 4.74 Å². The van der Waals surface area contributed by atoms with Crippen molar-refractivity contribution in [3.8, 4) is 0 Å². The van der Waals surface area contributed by atoms with E-state index in [2.05, 4.69) is 5.32 Å². The lowest BCUT2D eigenvalue weighted by atomic mass is 10.3. The van der Waals surface area contributed by atoms with Gasteiger partial charge in [-0.2, -0.15) is 0 Å². The molecule has 0 aliphatic heterocycles. The fraction of sp³-hybridized carbons (Fsp3) is 0.400. The molecule has 0 saturated carbocycles. The normalized spacial score (nSPS) is 10.4. The van der Waals surface area contributed by atoms with Crippen molar-refractivity contribution in [2.75, 3.05) is 25.6 Å². The molecule has 0 heterocycles. The van der Waals surface area contributed by atoms with Gasteiger partial charge in [0.2, 0.25) is 0 Å². The molecule has 15 heavy (non-hydrogen) atoms. The van der Waals surface area contributed by atoms with Gasteiger partial charge >= 0.3 is 0 Å². The zero-order chi connectivity index (χ0) is 11.3. The second kappa shape index (κ2) is 5.88. The Morgan fingerprint density at radius 2 is 2.13 bits per heavy atom. The Balaban J connectivity index is 2.60. The van der Waals surface area contributed by atoms with E-state index in [4.69, 9.17) is 16.3 Å². The van der Waals surface area contributed by atoms with Crippen LogP contribution in [0.3, 0.4) is 0 Å². The monoisotopic (exact) mass is 235 g/mol. The largest absolute Gasteiger partial charge is 0.385 e. The summed E-state index contributed by atoms with van der Waals surface area (Å²) in [4.78, 5) is 0. The van der Waals surface area contributed by atoms with Gasteiger partial charge < -0.3 is 10.1 Å². The summed E-state index contributed by atoms with van der Waals surface area (Å²) >= 11 is 5.67. The van der Waals surface area contributed by atoms with Crippen LogP contribution in [0.5, 0.6) is 0 Å². The van der Waals surface area contributed by atoms with Crippen LogP contribution in [0.4, 0.5) is 14.5 Å². The van der Waals surface area contributed by atoms with Gasteiger partial charge in [-0.1, -0.05) is 11.6 Å². The number of rotatable bonds is 5. The van der Waals surface area contributed by atoms with E-state index in [0.717, 1.165) is 18.6 Å². The van der Waals surface area contributed by atoms with E-state index in [1.165, 1.54) is 0 Å². The van der Waals surface area contributed by atoms with Gasteiger partial charge in [-0.3, -0.25) is 0 Å². The number of methoxy groups -OCH3 is 1. The molecule has 0 saturated heterocycles. The molecule has 0 aliphatic carbocycles. The highest BCUT2D eigenvalue weighted by molar-refractivity contribution is 6.33. The fourth-order valence-corrected chi connectivity index (χ4v) is 1.40. The van der Waals surface area contributed by atoms with Gasteiger partial charge in [0.1, 0.15) is 5.82 Å². The summed E-state index contributed by atoms with van der Waals surface area (Å²) < 4.78 is 30.7. The number of benzene rings is 1. The van der Waals surface area contributed by atoms with E-state index in [-0.39, 0.29) is 10.7 Å². The topological polar surface area (TPSA) is 21.3 Å². The molecule has 0 fully saturated rings. The van der Waals surface area contributed by atoms with Gasteiger partial charge in [0, 0.05) is 26.3 Å². The molecule has 0 spiro atoms. The molecule has 0 unspecified atom stereocenters. The molecule has 0 aromatic heterocycles. The van der Waals surface area contributed by atoms with E-state index in [1.807, 2.05) is 0 Å². The van der Waals surface area contributed by atoms with Crippen molar-refractivity contribution >= 4 is 17.3 Å². The van der Waals surface area contributed by atoms with Crippen molar-refractivity contribution < 1.29 is 13.5 Å². The van der Waals surface area contributed by atoms with Crippen molar-refractivity contribution in [3.63, 3.8) is 0 Å². The zero-order valence-corrected chi connectivity index (χ0v) is 9.07. The smallest absolute Gasteiger partial charge is 0.150 e. The van der Waals surface area contributed by atoms with Gasteiger partial charge in [-0.05, 0) is 12.5 Å². The number of nitrogens with one attached hydrogen (secondary N) is 1. The molecular weight excluding hydrogens is 224 g/mol. The van der Waals surface area contributed by atoms with Crippen LogP contribution < -0.4 is 5.32 Å². The van der Waals surface area contributed by atoms with E-state index in [1.54, 1.807) is 7.11 Å². The number of hydrogen-bond donors (Lipinski definition) is 1. The maximum atomic E-state index is 13.2. The standard InChI is InChI=1S/C10H12ClF2NO/c1-15-4-2-3-14-10-8(11)5-7(12)6-9(10)13/h5-6,14H,2-4H2,1H3. The fourth-order valence-electron chi connectivity index (χ4n) is 1.14. The first-order chi connectivity index (χ1) is 7.15. The molecule has 1 aromatic carbocycles. The Bertz CT molecular complexity index is 310. The minimum Gasteiger partial charge on any atom is -0.385 e. The lowest BCUT2D eigenvalue weighted by Gasteiger charge is -2.09. The first kappa shape index (κ1) is 12.2. The van der Waals surface area contributed by atoms with E-state index >= 15 is 0 Å². The molecule has 1 aromatic rings. The summed E-state index contributed by atoms with van der Waals surface area (Å²) in [5, 5.41) is 2.84. The summed E-state index contributed by atoms with van der Waals surface area (Å²) in [6, 6.07) is 1.87. The van der Waals surface area contributed by atoms with Gasteiger partial charge in [-0.25, -0.2) is 8.78 Å². The van der Waals surface area contributed by atoms with Crippen LogP contribution in [0.1, 0.15) is 6.42 Å². The van der Waals surface area contributed by atoms with Crippen molar-refractivity contribution in [1.82, 2.24) is 0 Å². The zero-order valence-electron chi connectivity index (χ0n) is 8.32. The molecule has 0 atom stereocenters. The van der Waals surface area contributed by atoms with Crippen LogP contribution in [0.15, 0.2) is 12.1 Å². The van der Waals surface area contributed by atoms with E-state index in [0.29, 0.717) is 13.2 Å². The molecule has 84 valence electrons. The number of ether oxygens (including phenoxy) is 1. The first-order valence-electron chi connectivity index (χ1n) is 4.52. The summed E-state index contributed by atoms with van der Waals surface area (Å²) in [6.45, 7) is 1.10. The molecule has 1 rings (SSSR count). The second-order valence-electron chi connectivity index (χ2n) is 3.02. The minimum atomic E-state index is -0.683. The Kier molecular flexibility index (Phi) is 4.78. The maximum Gasteiger partial charge on any atom is 0.150 e. The summed E-state index contributed by atoms with van der Waals surface area (Å²) in [7, 11) is 1.59. The molecule has 0 aliphatic rings. The van der Waals surface area contributed by atoms with Crippen LogP contribution in [0.25, 0.3) is 0 Å². The average Bonchev–Trinajstić information content (AvgIpc) is 2.15. The Morgan fingerprint density at radius 1 is 1.40 bits per heavy atom. The van der Waals surface area contributed by atoms with Gasteiger partial charge in [0.25, 0.3) is 0 Å². The number of halogens is 3. The third-order valence-corrected chi connectivity index (χ3v) is 2.13. The Hall–Kier alpha value is -0.870. The number of hydrogen-bond acceptors (Lipinski definition) is 2. The predicted molar refractivity (Wildman–Crippen MR) is 56.4 cm³/mol. The lowest BCUT2D eigenvalue weighted by Crippen LogP contribution is -2.06. The average molecular weight is 236 g/mol. The molecule has 0 radical (unpaired) electrons. The Morgan fingerprint density at radius 3 is 2.73 bits per heavy atom. The highest BCUT2D eigenvalue weighted by Crippen LogP contribution is 2.26. The molecule has 2 nitrogen and oxygen atoms in total. The van der Waals surface area contributed by atoms with Gasteiger partial charge in [0.15, 0.2) is 5.82 Å². The van der Waals surface area contributed by atoms with E-state index in [9.17, 15) is 8.78 Å². The molecule has 5 heteroatoms. The van der Waals surface area contributed by atoms with Crippen molar-refractivity contribution in [2.45, 2.75) is 6.42 Å². The highest BCUT2D eigenvalue weighted by Gasteiger charge is 2.08. The number of anilines is 1. The SMILES string of the molecule is COCCCNc1c(F)cc(F)cc1Cl. The summed E-state index contributed by atoms with van der Waals surface area (Å²) in [6.07, 6.45) is 0.726. The van der Waals surface area contributed by atoms with E-state index < -0.39 is 11.6 Å². The first-order valence-corrected chi connectivity index (χ1v) is 4.90. The quantitative estimate of drug-likeness (QED) is 0.792. The second-order valence-corrected chi connectivity index (χ2v) is 3.42. The van der Waals surface area contributed by atoms with Crippen LogP contribution >= 0.6 is 11.6 Å². The van der Waals surface area contributed by atoms with Crippen molar-refractivity contribution in [3.05, 3.63) is 28.8 Å². The minimum absolute atomic E-state index is 0.0462. The van der Waals surface area contributed by atoms with Crippen LogP contribution in [0, 0.1) is 11.6 Å². The molecule has 1 N–H and O–H groups in total. The molecule has 0 bridgehead atoms. The van der Waals surface area contributed by atoms with Gasteiger partial charge in [0.05, 0.1) is 10.7 Å². The van der Waals surface area contributed by atoms with Crippen LogP contribution in [0.2, 0.25) is 5.02 Å². The molecule has 0 amide bonds.